The van der Waals surface area contributed by atoms with Crippen LogP contribution >= 0.6 is 0 Å². The van der Waals surface area contributed by atoms with Gasteiger partial charge < -0.3 is 5.32 Å². The average Bonchev–Trinajstić information content (AvgIpc) is 2.60. The highest BCUT2D eigenvalue weighted by Gasteiger charge is 2.27. The highest BCUT2D eigenvalue weighted by atomic mass is 32.2. The first-order valence-electron chi connectivity index (χ1n) is 9.73. The van der Waals surface area contributed by atoms with E-state index in [1.807, 2.05) is 6.92 Å². The van der Waals surface area contributed by atoms with Crippen LogP contribution in [0.3, 0.4) is 0 Å². The fourth-order valence-electron chi connectivity index (χ4n) is 3.02. The van der Waals surface area contributed by atoms with Crippen molar-refractivity contribution in [2.75, 3.05) is 0 Å². The van der Waals surface area contributed by atoms with Gasteiger partial charge >= 0.3 is 6.03 Å². The summed E-state index contributed by atoms with van der Waals surface area (Å²) >= 11 is 0. The van der Waals surface area contributed by atoms with E-state index < -0.39 is 21.6 Å². The second-order valence-corrected chi connectivity index (χ2v) is 8.88. The Morgan fingerprint density at radius 1 is 0.923 bits per heavy atom. The quantitative estimate of drug-likeness (QED) is 0.500. The normalized spacial score (nSPS) is 13.8. The van der Waals surface area contributed by atoms with Crippen molar-refractivity contribution in [3.8, 4) is 0 Å². The molecule has 1 unspecified atom stereocenters. The van der Waals surface area contributed by atoms with Gasteiger partial charge in [-0.2, -0.15) is 0 Å². The van der Waals surface area contributed by atoms with Gasteiger partial charge in [0.25, 0.3) is 10.0 Å². The number of hydrogen-bond donors (Lipinski definition) is 2. The minimum Gasteiger partial charge on any atom is -0.332 e. The monoisotopic (exact) mass is 382 g/mol. The van der Waals surface area contributed by atoms with Crippen molar-refractivity contribution in [2.24, 2.45) is 0 Å². The van der Waals surface area contributed by atoms with Crippen LogP contribution in [0.1, 0.15) is 78.6 Å². The maximum Gasteiger partial charge on any atom is 0.329 e. The molecule has 1 aromatic carbocycles. The van der Waals surface area contributed by atoms with E-state index in [0.717, 1.165) is 38.5 Å². The molecule has 0 fully saturated rings. The molecule has 1 atom stereocenters. The lowest BCUT2D eigenvalue weighted by Gasteiger charge is -2.31. The zero-order chi connectivity index (χ0) is 19.5. The number of sulfonamides is 1. The molecule has 0 heterocycles. The maximum atomic E-state index is 12.3. The average molecular weight is 383 g/mol. The summed E-state index contributed by atoms with van der Waals surface area (Å²) in [7, 11) is -3.85. The molecule has 0 aromatic heterocycles. The molecule has 2 N–H and O–H groups in total. The largest absolute Gasteiger partial charge is 0.332 e. The van der Waals surface area contributed by atoms with Crippen LogP contribution < -0.4 is 10.0 Å². The Morgan fingerprint density at radius 3 is 2.12 bits per heavy atom. The first-order chi connectivity index (χ1) is 12.3. The van der Waals surface area contributed by atoms with Crippen molar-refractivity contribution < 1.29 is 13.2 Å². The van der Waals surface area contributed by atoms with Gasteiger partial charge in [0.05, 0.1) is 4.90 Å². The molecule has 0 aliphatic rings. The molecular weight excluding hydrogens is 348 g/mol. The molecule has 0 saturated carbocycles. The number of urea groups is 1. The van der Waals surface area contributed by atoms with Gasteiger partial charge in [0.2, 0.25) is 0 Å². The lowest BCUT2D eigenvalue weighted by Crippen LogP contribution is -2.51. The number of benzene rings is 1. The molecule has 0 spiro atoms. The van der Waals surface area contributed by atoms with Crippen molar-refractivity contribution in [3.63, 3.8) is 0 Å². The number of carbonyl (C=O) groups excluding carboxylic acids is 1. The molecule has 6 heteroatoms. The third-order valence-corrected chi connectivity index (χ3v) is 5.96. The van der Waals surface area contributed by atoms with Crippen LogP contribution in [-0.2, 0) is 10.0 Å². The van der Waals surface area contributed by atoms with Crippen LogP contribution in [0.25, 0.3) is 0 Å². The predicted octanol–water partition coefficient (Wildman–Crippen LogP) is 4.98. The topological polar surface area (TPSA) is 75.3 Å². The van der Waals surface area contributed by atoms with Crippen molar-refractivity contribution in [1.29, 1.82) is 0 Å². The van der Waals surface area contributed by atoms with E-state index in [2.05, 4.69) is 23.9 Å². The zero-order valence-electron chi connectivity index (χ0n) is 16.4. The van der Waals surface area contributed by atoms with Gasteiger partial charge in [-0.3, -0.25) is 0 Å². The van der Waals surface area contributed by atoms with Crippen LogP contribution in [0.15, 0.2) is 35.2 Å². The molecule has 1 aromatic rings. The van der Waals surface area contributed by atoms with Gasteiger partial charge in [-0.25, -0.2) is 17.9 Å². The number of unbranched alkanes of at least 4 members (excludes halogenated alkanes) is 5. The Morgan fingerprint density at radius 2 is 1.50 bits per heavy atom. The molecule has 26 heavy (non-hydrogen) atoms. The summed E-state index contributed by atoms with van der Waals surface area (Å²) in [5, 5.41) is 2.92. The van der Waals surface area contributed by atoms with Gasteiger partial charge in [-0.05, 0) is 31.9 Å². The number of carbonyl (C=O) groups is 1. The third kappa shape index (κ3) is 8.21. The number of amides is 2. The summed E-state index contributed by atoms with van der Waals surface area (Å²) in [6.07, 6.45) is 9.54. The summed E-state index contributed by atoms with van der Waals surface area (Å²) in [6, 6.07) is 7.29. The zero-order valence-corrected chi connectivity index (χ0v) is 17.2. The lowest BCUT2D eigenvalue weighted by atomic mass is 9.88. The van der Waals surface area contributed by atoms with Crippen molar-refractivity contribution in [1.82, 2.24) is 10.0 Å². The molecule has 0 aliphatic carbocycles. The van der Waals surface area contributed by atoms with Crippen molar-refractivity contribution in [3.05, 3.63) is 30.3 Å². The van der Waals surface area contributed by atoms with Gasteiger partial charge in [-0.1, -0.05) is 77.0 Å². The number of rotatable bonds is 12. The summed E-state index contributed by atoms with van der Waals surface area (Å²) in [5.74, 6) is 0. The first-order valence-corrected chi connectivity index (χ1v) is 11.2. The van der Waals surface area contributed by atoms with E-state index in [4.69, 9.17) is 0 Å². The number of nitrogens with one attached hydrogen (secondary N) is 2. The summed E-state index contributed by atoms with van der Waals surface area (Å²) < 4.78 is 26.7. The van der Waals surface area contributed by atoms with E-state index in [-0.39, 0.29) is 4.90 Å². The highest BCUT2D eigenvalue weighted by Crippen LogP contribution is 2.22. The second kappa shape index (κ2) is 11.2. The molecule has 0 aliphatic heterocycles. The molecule has 0 saturated heterocycles. The van der Waals surface area contributed by atoms with Crippen LogP contribution in [0.5, 0.6) is 0 Å². The van der Waals surface area contributed by atoms with Gasteiger partial charge in [0.1, 0.15) is 0 Å². The molecule has 0 radical (unpaired) electrons. The summed E-state index contributed by atoms with van der Waals surface area (Å²) in [4.78, 5) is 12.4. The molecule has 0 bridgehead atoms. The second-order valence-electron chi connectivity index (χ2n) is 7.20. The maximum absolute atomic E-state index is 12.3. The third-order valence-electron chi connectivity index (χ3n) is 4.61. The molecule has 1 rings (SSSR count). The molecule has 2 amide bonds. The minimum atomic E-state index is -3.85. The van der Waals surface area contributed by atoms with E-state index in [0.29, 0.717) is 0 Å². The summed E-state index contributed by atoms with van der Waals surface area (Å²) in [5.41, 5.74) is -0.390. The van der Waals surface area contributed by atoms with E-state index in [9.17, 15) is 13.2 Å². The van der Waals surface area contributed by atoms with Gasteiger partial charge in [0, 0.05) is 5.54 Å². The van der Waals surface area contributed by atoms with E-state index in [1.54, 1.807) is 18.2 Å². The minimum absolute atomic E-state index is 0.0879. The van der Waals surface area contributed by atoms with Crippen molar-refractivity contribution in [2.45, 2.75) is 89.0 Å². The van der Waals surface area contributed by atoms with E-state index >= 15 is 0 Å². The number of hydrogen-bond acceptors (Lipinski definition) is 3. The van der Waals surface area contributed by atoms with E-state index in [1.165, 1.54) is 31.4 Å². The van der Waals surface area contributed by atoms with Gasteiger partial charge in [-0.15, -0.1) is 0 Å². The van der Waals surface area contributed by atoms with Crippen LogP contribution in [0, 0.1) is 0 Å². The molecular formula is C20H34N2O3S. The Labute approximate surface area is 159 Å². The lowest BCUT2D eigenvalue weighted by molar-refractivity contribution is 0.224. The Balaban J connectivity index is 2.66. The SMILES string of the molecule is CCCCCCCC(C)(CCCC)NC(=O)NS(=O)(=O)c1ccccc1. The Kier molecular flexibility index (Phi) is 9.70. The predicted molar refractivity (Wildman–Crippen MR) is 107 cm³/mol. The fraction of sp³-hybridized carbons (Fsp3) is 0.650. The first kappa shape index (κ1) is 22.5. The van der Waals surface area contributed by atoms with Crippen LogP contribution in [0.2, 0.25) is 0 Å². The Hall–Kier alpha value is -1.56. The van der Waals surface area contributed by atoms with Crippen LogP contribution in [-0.4, -0.2) is 20.0 Å². The smallest absolute Gasteiger partial charge is 0.329 e. The fourth-order valence-corrected chi connectivity index (χ4v) is 3.94. The Bertz CT molecular complexity index is 632. The standard InChI is InChI=1S/C20H34N2O3S/c1-4-6-8-9-13-17-20(3,16-7-5-2)21-19(23)22-26(24,25)18-14-11-10-12-15-18/h10-12,14-15H,4-9,13,16-17H2,1-3H3,(H2,21,22,23). The van der Waals surface area contributed by atoms with Crippen molar-refractivity contribution >= 4 is 16.1 Å². The van der Waals surface area contributed by atoms with Gasteiger partial charge in [0.15, 0.2) is 0 Å². The molecule has 148 valence electrons. The molecule has 5 nitrogen and oxygen atoms in total. The van der Waals surface area contributed by atoms with Crippen LogP contribution in [0.4, 0.5) is 4.79 Å². The summed E-state index contributed by atoms with van der Waals surface area (Å²) in [6.45, 7) is 6.31. The highest BCUT2D eigenvalue weighted by molar-refractivity contribution is 7.90.